The van der Waals surface area contributed by atoms with Crippen LogP contribution in [0.15, 0.2) is 16.9 Å². The fourth-order valence-electron chi connectivity index (χ4n) is 2.66. The van der Waals surface area contributed by atoms with E-state index in [1.165, 1.54) is 0 Å². The highest BCUT2D eigenvalue weighted by atomic mass is 16.5. The van der Waals surface area contributed by atoms with E-state index >= 15 is 0 Å². The molecule has 26 heavy (non-hydrogen) atoms. The molecule has 0 saturated heterocycles. The fraction of sp³-hybridized carbons (Fsp3) is 0.474. The van der Waals surface area contributed by atoms with E-state index in [0.717, 1.165) is 11.1 Å². The van der Waals surface area contributed by atoms with Crippen molar-refractivity contribution >= 4 is 11.9 Å². The molecule has 7 nitrogen and oxygen atoms in total. The molecule has 1 aromatic heterocycles. The molecule has 0 aliphatic rings. The number of ether oxygens (including phenoxy) is 1. The van der Waals surface area contributed by atoms with Gasteiger partial charge in [-0.15, -0.1) is 0 Å². The summed E-state index contributed by atoms with van der Waals surface area (Å²) < 4.78 is 5.05. The molecule has 1 heterocycles. The van der Waals surface area contributed by atoms with E-state index < -0.39 is 11.5 Å². The maximum absolute atomic E-state index is 12.0. The van der Waals surface area contributed by atoms with E-state index in [-0.39, 0.29) is 24.5 Å². The zero-order chi connectivity index (χ0) is 19.9. The Morgan fingerprint density at radius 1 is 1.35 bits per heavy atom. The smallest absolute Gasteiger partial charge is 0.306 e. The highest BCUT2D eigenvalue weighted by Gasteiger charge is 2.16. The van der Waals surface area contributed by atoms with Crippen molar-refractivity contribution in [3.05, 3.63) is 44.9 Å². The second-order valence-electron chi connectivity index (χ2n) is 6.20. The Balaban J connectivity index is 2.66. The van der Waals surface area contributed by atoms with E-state index in [9.17, 15) is 14.4 Å². The number of nitriles is 1. The summed E-state index contributed by atoms with van der Waals surface area (Å²) in [7, 11) is 0. The first kappa shape index (κ1) is 21.2. The number of esters is 1. The molecule has 0 atom stereocenters. The average Bonchev–Trinajstić information content (AvgIpc) is 2.57. The van der Waals surface area contributed by atoms with Crippen LogP contribution in [0.5, 0.6) is 0 Å². The minimum Gasteiger partial charge on any atom is -0.456 e. The number of carbonyl (C=O) groups is 2. The van der Waals surface area contributed by atoms with Gasteiger partial charge < -0.3 is 14.6 Å². The lowest BCUT2D eigenvalue weighted by Crippen LogP contribution is -2.35. The van der Waals surface area contributed by atoms with Crippen molar-refractivity contribution in [1.82, 2.24) is 9.88 Å². The highest BCUT2D eigenvalue weighted by molar-refractivity contribution is 5.80. The van der Waals surface area contributed by atoms with Gasteiger partial charge in [0.15, 0.2) is 6.61 Å². The van der Waals surface area contributed by atoms with E-state index in [2.05, 4.69) is 11.6 Å². The van der Waals surface area contributed by atoms with Crippen molar-refractivity contribution in [1.29, 1.82) is 5.26 Å². The molecule has 1 amide bonds. The van der Waals surface area contributed by atoms with Crippen LogP contribution in [0.3, 0.4) is 0 Å². The summed E-state index contributed by atoms with van der Waals surface area (Å²) in [6.07, 6.45) is 0.373. The summed E-state index contributed by atoms with van der Waals surface area (Å²) in [4.78, 5) is 39.9. The molecule has 0 aliphatic carbocycles. The second-order valence-corrected chi connectivity index (χ2v) is 6.20. The lowest BCUT2D eigenvalue weighted by Gasteiger charge is -2.20. The molecule has 140 valence electrons. The molecular formula is C19H25N3O4. The Morgan fingerprint density at radius 3 is 2.54 bits per heavy atom. The summed E-state index contributed by atoms with van der Waals surface area (Å²) in [5.41, 5.74) is 2.39. The molecule has 0 aromatic carbocycles. The second kappa shape index (κ2) is 9.56. The summed E-state index contributed by atoms with van der Waals surface area (Å²) in [5, 5.41) is 9.07. The van der Waals surface area contributed by atoms with Crippen LogP contribution in [-0.4, -0.2) is 41.5 Å². The van der Waals surface area contributed by atoms with Gasteiger partial charge in [0, 0.05) is 25.2 Å². The van der Waals surface area contributed by atoms with Gasteiger partial charge in [-0.3, -0.25) is 14.4 Å². The molecule has 0 fully saturated rings. The van der Waals surface area contributed by atoms with E-state index in [1.807, 2.05) is 19.9 Å². The van der Waals surface area contributed by atoms with Gasteiger partial charge in [0.2, 0.25) is 0 Å². The number of hydrogen-bond donors (Lipinski definition) is 1. The number of aromatic amines is 1. The zero-order valence-electron chi connectivity index (χ0n) is 15.8. The van der Waals surface area contributed by atoms with Crippen LogP contribution >= 0.6 is 0 Å². The number of nitrogens with zero attached hydrogens (tertiary/aromatic N) is 2. The van der Waals surface area contributed by atoms with Crippen molar-refractivity contribution in [2.45, 2.75) is 40.5 Å². The number of rotatable bonds is 8. The van der Waals surface area contributed by atoms with Crippen LogP contribution in [0.4, 0.5) is 0 Å². The number of likely N-dealkylation sites (N-methyl/N-ethyl adjacent to an activating group) is 1. The number of nitrogens with one attached hydrogen (secondary N) is 1. The predicted octanol–water partition coefficient (Wildman–Crippen LogP) is 1.76. The average molecular weight is 359 g/mol. The molecule has 1 aromatic rings. The standard InChI is InChI=1S/C19H25N3O4/c1-6-22(10-12(2)3)17(23)11-26-18(24)8-7-15-13(4)16(9-20)19(25)21-14(15)5/h2,6-8,10-11H2,1,3-5H3,(H,21,25). The van der Waals surface area contributed by atoms with Gasteiger partial charge in [-0.2, -0.15) is 5.26 Å². The van der Waals surface area contributed by atoms with Gasteiger partial charge in [0.05, 0.1) is 0 Å². The third-order valence-electron chi connectivity index (χ3n) is 4.05. The van der Waals surface area contributed by atoms with Crippen molar-refractivity contribution in [3.63, 3.8) is 0 Å². The van der Waals surface area contributed by atoms with E-state index in [4.69, 9.17) is 10.00 Å². The van der Waals surface area contributed by atoms with Crippen LogP contribution in [-0.2, 0) is 20.7 Å². The van der Waals surface area contributed by atoms with Crippen LogP contribution in [0, 0.1) is 25.2 Å². The third-order valence-corrected chi connectivity index (χ3v) is 4.05. The Labute approximate surface area is 153 Å². The predicted molar refractivity (Wildman–Crippen MR) is 97.6 cm³/mol. The first-order valence-electron chi connectivity index (χ1n) is 8.41. The molecule has 7 heteroatoms. The molecule has 0 radical (unpaired) electrons. The minimum atomic E-state index is -0.506. The van der Waals surface area contributed by atoms with Gasteiger partial charge in [-0.1, -0.05) is 12.2 Å². The Hall–Kier alpha value is -2.88. The summed E-state index contributed by atoms with van der Waals surface area (Å²) in [5.74, 6) is -0.778. The quantitative estimate of drug-likeness (QED) is 0.563. The third kappa shape index (κ3) is 5.59. The molecule has 0 unspecified atom stereocenters. The lowest BCUT2D eigenvalue weighted by molar-refractivity contribution is -0.151. The van der Waals surface area contributed by atoms with Gasteiger partial charge in [0.25, 0.3) is 11.5 Å². The summed E-state index contributed by atoms with van der Waals surface area (Å²) in [6, 6.07) is 1.88. The maximum atomic E-state index is 12.0. The Morgan fingerprint density at radius 2 is 2.00 bits per heavy atom. The lowest BCUT2D eigenvalue weighted by atomic mass is 9.99. The molecule has 0 spiro atoms. The molecular weight excluding hydrogens is 334 g/mol. The topological polar surface area (TPSA) is 103 Å². The number of H-pyrrole nitrogens is 1. The molecule has 0 saturated carbocycles. The first-order chi connectivity index (χ1) is 12.2. The monoisotopic (exact) mass is 359 g/mol. The summed E-state index contributed by atoms with van der Waals surface area (Å²) in [6.45, 7) is 11.5. The molecule has 0 aliphatic heterocycles. The normalized spacial score (nSPS) is 10.1. The number of carbonyl (C=O) groups excluding carboxylic acids is 2. The van der Waals surface area contributed by atoms with Gasteiger partial charge in [-0.25, -0.2) is 0 Å². The number of pyridine rings is 1. The number of aromatic nitrogens is 1. The van der Waals surface area contributed by atoms with Crippen molar-refractivity contribution < 1.29 is 14.3 Å². The van der Waals surface area contributed by atoms with Gasteiger partial charge in [0.1, 0.15) is 11.6 Å². The SMILES string of the molecule is C=C(C)CN(CC)C(=O)COC(=O)CCc1c(C)[nH]c(=O)c(C#N)c1C. The van der Waals surface area contributed by atoms with Crippen molar-refractivity contribution in [2.24, 2.45) is 0 Å². The first-order valence-corrected chi connectivity index (χ1v) is 8.41. The zero-order valence-corrected chi connectivity index (χ0v) is 15.8. The number of hydrogen-bond acceptors (Lipinski definition) is 5. The highest BCUT2D eigenvalue weighted by Crippen LogP contribution is 2.15. The Kier molecular flexibility index (Phi) is 7.78. The van der Waals surface area contributed by atoms with Crippen LogP contribution in [0.1, 0.15) is 42.7 Å². The Bertz CT molecular complexity index is 802. The van der Waals surface area contributed by atoms with Crippen molar-refractivity contribution in [2.75, 3.05) is 19.7 Å². The molecule has 1 rings (SSSR count). The van der Waals surface area contributed by atoms with E-state index in [0.29, 0.717) is 30.8 Å². The van der Waals surface area contributed by atoms with E-state index in [1.54, 1.807) is 18.7 Å². The fourth-order valence-corrected chi connectivity index (χ4v) is 2.66. The van der Waals surface area contributed by atoms with Gasteiger partial charge in [-0.05, 0) is 45.2 Å². The minimum absolute atomic E-state index is 0.0486. The molecule has 0 bridgehead atoms. The summed E-state index contributed by atoms with van der Waals surface area (Å²) >= 11 is 0. The number of amides is 1. The van der Waals surface area contributed by atoms with Crippen LogP contribution in [0.2, 0.25) is 0 Å². The van der Waals surface area contributed by atoms with Crippen molar-refractivity contribution in [3.8, 4) is 6.07 Å². The van der Waals surface area contributed by atoms with Crippen LogP contribution in [0.25, 0.3) is 0 Å². The van der Waals surface area contributed by atoms with Gasteiger partial charge >= 0.3 is 5.97 Å². The maximum Gasteiger partial charge on any atom is 0.306 e. The molecule has 1 N–H and O–H groups in total. The number of aryl methyl sites for hydroxylation is 1. The largest absolute Gasteiger partial charge is 0.456 e. The van der Waals surface area contributed by atoms with Crippen LogP contribution < -0.4 is 5.56 Å².